The molecule has 2 saturated heterocycles. The molecule has 2 fully saturated rings. The van der Waals surface area contributed by atoms with Crippen molar-refractivity contribution in [2.45, 2.75) is 43.2 Å². The van der Waals surface area contributed by atoms with Crippen molar-refractivity contribution in [1.82, 2.24) is 9.80 Å². The van der Waals surface area contributed by atoms with Gasteiger partial charge in [0.1, 0.15) is 11.8 Å². The van der Waals surface area contributed by atoms with Gasteiger partial charge in [0, 0.05) is 37.7 Å². The van der Waals surface area contributed by atoms with Crippen molar-refractivity contribution in [1.29, 1.82) is 0 Å². The Balaban J connectivity index is 1.60. The van der Waals surface area contributed by atoms with Crippen LogP contribution in [0.3, 0.4) is 0 Å². The molecule has 2 aliphatic heterocycles. The van der Waals surface area contributed by atoms with Crippen molar-refractivity contribution >= 4 is 29.5 Å². The number of carboxylic acid groups (broad SMARTS) is 1. The molecule has 26 heavy (non-hydrogen) atoms. The third kappa shape index (κ3) is 4.06. The monoisotopic (exact) mass is 380 g/mol. The molecule has 0 bridgehead atoms. The summed E-state index contributed by atoms with van der Waals surface area (Å²) in [5, 5.41) is 9.55. The van der Waals surface area contributed by atoms with E-state index < -0.39 is 12.0 Å². The van der Waals surface area contributed by atoms with E-state index in [9.17, 15) is 19.5 Å². The molecule has 2 atom stereocenters. The highest BCUT2D eigenvalue weighted by molar-refractivity contribution is 7.99. The fourth-order valence-electron chi connectivity index (χ4n) is 3.74. The van der Waals surface area contributed by atoms with Gasteiger partial charge in [-0.05, 0) is 31.4 Å². The number of furan rings is 1. The van der Waals surface area contributed by atoms with Gasteiger partial charge in [0.2, 0.25) is 11.8 Å². The van der Waals surface area contributed by atoms with Crippen LogP contribution < -0.4 is 0 Å². The Morgan fingerprint density at radius 2 is 1.96 bits per heavy atom. The van der Waals surface area contributed by atoms with Crippen molar-refractivity contribution < 1.29 is 23.9 Å². The molecule has 0 aliphatic carbocycles. The van der Waals surface area contributed by atoms with E-state index in [-0.39, 0.29) is 23.0 Å². The lowest BCUT2D eigenvalue weighted by Gasteiger charge is -2.34. The quantitative estimate of drug-likeness (QED) is 0.838. The zero-order chi connectivity index (χ0) is 18.7. The highest BCUT2D eigenvalue weighted by atomic mass is 32.2. The predicted octanol–water partition coefficient (Wildman–Crippen LogP) is 1.83. The number of thioether (sulfide) groups is 1. The smallest absolute Gasteiger partial charge is 0.327 e. The average Bonchev–Trinajstić information content (AvgIpc) is 3.28. The lowest BCUT2D eigenvalue weighted by atomic mass is 9.95. The van der Waals surface area contributed by atoms with Crippen LogP contribution in [0.5, 0.6) is 0 Å². The van der Waals surface area contributed by atoms with Gasteiger partial charge < -0.3 is 19.3 Å². The molecule has 2 unspecified atom stereocenters. The number of hydrogen-bond donors (Lipinski definition) is 1. The second kappa shape index (κ2) is 8.16. The van der Waals surface area contributed by atoms with E-state index in [0.29, 0.717) is 44.6 Å². The Kier molecular flexibility index (Phi) is 5.90. The number of hydrogen-bond acceptors (Lipinski definition) is 5. The number of carbonyl (C=O) groups excluding carboxylic acids is 2. The maximum atomic E-state index is 12.9. The van der Waals surface area contributed by atoms with Gasteiger partial charge in [0.15, 0.2) is 0 Å². The molecule has 1 aromatic rings. The Hall–Kier alpha value is -1.96. The van der Waals surface area contributed by atoms with Crippen molar-refractivity contribution in [2.75, 3.05) is 19.6 Å². The van der Waals surface area contributed by atoms with Gasteiger partial charge in [0.05, 0.1) is 12.0 Å². The molecule has 0 radical (unpaired) electrons. The van der Waals surface area contributed by atoms with Gasteiger partial charge in [-0.1, -0.05) is 0 Å². The van der Waals surface area contributed by atoms with E-state index in [1.807, 2.05) is 12.1 Å². The molecule has 2 amide bonds. The van der Waals surface area contributed by atoms with E-state index in [1.54, 1.807) is 11.2 Å². The third-order valence-electron chi connectivity index (χ3n) is 5.19. The van der Waals surface area contributed by atoms with Crippen LogP contribution in [0.4, 0.5) is 0 Å². The lowest BCUT2D eigenvalue weighted by molar-refractivity contribution is -0.150. The van der Waals surface area contributed by atoms with Crippen LogP contribution in [-0.4, -0.2) is 63.6 Å². The van der Waals surface area contributed by atoms with Gasteiger partial charge >= 0.3 is 5.97 Å². The number of likely N-dealkylation sites (tertiary alicyclic amines) is 2. The summed E-state index contributed by atoms with van der Waals surface area (Å²) < 4.78 is 5.31. The van der Waals surface area contributed by atoms with Crippen molar-refractivity contribution in [3.05, 3.63) is 24.2 Å². The van der Waals surface area contributed by atoms with E-state index in [2.05, 4.69) is 0 Å². The van der Waals surface area contributed by atoms with Gasteiger partial charge in [-0.15, -0.1) is 11.8 Å². The largest absolute Gasteiger partial charge is 0.480 e. The predicted molar refractivity (Wildman–Crippen MR) is 96.5 cm³/mol. The summed E-state index contributed by atoms with van der Waals surface area (Å²) in [6, 6.07) is 2.87. The summed E-state index contributed by atoms with van der Waals surface area (Å²) in [7, 11) is 0. The minimum Gasteiger partial charge on any atom is -0.480 e. The van der Waals surface area contributed by atoms with Crippen LogP contribution in [0.15, 0.2) is 22.8 Å². The fraction of sp³-hybridized carbons (Fsp3) is 0.611. The van der Waals surface area contributed by atoms with E-state index >= 15 is 0 Å². The van der Waals surface area contributed by atoms with Gasteiger partial charge in [-0.2, -0.15) is 0 Å². The standard InChI is InChI=1S/C18H24N2O5S/c1-12(21)19-7-4-13(5-8-19)17(22)20-9-6-15(16(20)18(23)24)26-11-14-3-2-10-25-14/h2-3,10,13,15-16H,4-9,11H2,1H3,(H,23,24). The molecule has 0 saturated carbocycles. The third-order valence-corrected chi connectivity index (χ3v) is 6.56. The fourth-order valence-corrected chi connectivity index (χ4v) is 5.00. The van der Waals surface area contributed by atoms with Gasteiger partial charge in [-0.3, -0.25) is 9.59 Å². The topological polar surface area (TPSA) is 91.1 Å². The first kappa shape index (κ1) is 18.8. The Bertz CT molecular complexity index is 655. The summed E-state index contributed by atoms with van der Waals surface area (Å²) in [6.45, 7) is 3.13. The number of nitrogens with zero attached hydrogens (tertiary/aromatic N) is 2. The van der Waals surface area contributed by atoms with E-state index in [0.717, 1.165) is 5.76 Å². The minimum atomic E-state index is -0.950. The van der Waals surface area contributed by atoms with Crippen LogP contribution >= 0.6 is 11.8 Å². The van der Waals surface area contributed by atoms with Crippen molar-refractivity contribution in [3.8, 4) is 0 Å². The molecular weight excluding hydrogens is 356 g/mol. The molecule has 0 aromatic carbocycles. The number of aliphatic carboxylic acids is 1. The minimum absolute atomic E-state index is 0.0230. The average molecular weight is 380 g/mol. The summed E-state index contributed by atoms with van der Waals surface area (Å²) in [4.78, 5) is 39.4. The lowest BCUT2D eigenvalue weighted by Crippen LogP contribution is -2.49. The number of carbonyl (C=O) groups is 3. The molecule has 0 spiro atoms. The summed E-state index contributed by atoms with van der Waals surface area (Å²) in [5.74, 6) is 0.202. The molecule has 1 N–H and O–H groups in total. The Morgan fingerprint density at radius 3 is 2.54 bits per heavy atom. The van der Waals surface area contributed by atoms with Crippen LogP contribution in [0, 0.1) is 5.92 Å². The summed E-state index contributed by atoms with van der Waals surface area (Å²) in [5.41, 5.74) is 0. The SMILES string of the molecule is CC(=O)N1CCC(C(=O)N2CCC(SCc3ccco3)C2C(=O)O)CC1. The zero-order valence-corrected chi connectivity index (χ0v) is 15.6. The van der Waals surface area contributed by atoms with E-state index in [1.165, 1.54) is 23.6 Å². The number of carboxylic acids is 1. The molecule has 7 nitrogen and oxygen atoms in total. The first-order valence-electron chi connectivity index (χ1n) is 8.90. The van der Waals surface area contributed by atoms with E-state index in [4.69, 9.17) is 4.42 Å². The molecule has 3 heterocycles. The summed E-state index contributed by atoms with van der Waals surface area (Å²) in [6.07, 6.45) is 3.47. The maximum absolute atomic E-state index is 12.9. The molecule has 1 aromatic heterocycles. The highest BCUT2D eigenvalue weighted by Gasteiger charge is 2.44. The second-order valence-corrected chi connectivity index (χ2v) is 8.04. The first-order chi connectivity index (χ1) is 12.5. The number of rotatable bonds is 5. The molecule has 142 valence electrons. The van der Waals surface area contributed by atoms with Crippen LogP contribution in [0.1, 0.15) is 31.9 Å². The second-order valence-electron chi connectivity index (χ2n) is 6.81. The first-order valence-corrected chi connectivity index (χ1v) is 9.95. The Morgan fingerprint density at radius 1 is 1.23 bits per heavy atom. The maximum Gasteiger partial charge on any atom is 0.327 e. The number of amides is 2. The molecule has 2 aliphatic rings. The highest BCUT2D eigenvalue weighted by Crippen LogP contribution is 2.33. The van der Waals surface area contributed by atoms with Crippen molar-refractivity contribution in [3.63, 3.8) is 0 Å². The van der Waals surface area contributed by atoms with Crippen molar-refractivity contribution in [2.24, 2.45) is 5.92 Å². The summed E-state index contributed by atoms with van der Waals surface area (Å²) >= 11 is 1.53. The van der Waals surface area contributed by atoms with Crippen LogP contribution in [-0.2, 0) is 20.1 Å². The number of piperidine rings is 1. The van der Waals surface area contributed by atoms with Crippen LogP contribution in [0.25, 0.3) is 0 Å². The molecular formula is C18H24N2O5S. The normalized spacial score (nSPS) is 24.0. The molecule has 8 heteroatoms. The van der Waals surface area contributed by atoms with Gasteiger partial charge in [-0.25, -0.2) is 4.79 Å². The van der Waals surface area contributed by atoms with Crippen LogP contribution in [0.2, 0.25) is 0 Å². The zero-order valence-electron chi connectivity index (χ0n) is 14.8. The van der Waals surface area contributed by atoms with Gasteiger partial charge in [0.25, 0.3) is 0 Å². The Labute approximate surface area is 156 Å². The molecule has 3 rings (SSSR count).